The number of rotatable bonds is 0. The number of fused-ring (bicyclic) bond motifs is 2. The van der Waals surface area contributed by atoms with Gasteiger partial charge in [-0.2, -0.15) is 0 Å². The first-order valence-electron chi connectivity index (χ1n) is 4.98. The second-order valence-corrected chi connectivity index (χ2v) is 5.51. The SMILES string of the molecule is C[C@H]1CC2CC[C@]1(C)C2(C)C. The lowest BCUT2D eigenvalue weighted by atomic mass is 9.67. The van der Waals surface area contributed by atoms with E-state index in [4.69, 9.17) is 0 Å². The first-order valence-corrected chi connectivity index (χ1v) is 4.98. The van der Waals surface area contributed by atoms with Gasteiger partial charge in [-0.25, -0.2) is 0 Å². The fraction of sp³-hybridized carbons (Fsp3) is 1.00. The van der Waals surface area contributed by atoms with Crippen molar-refractivity contribution in [2.24, 2.45) is 22.7 Å². The Labute approximate surface area is 70.4 Å². The molecular weight excluding hydrogens is 132 g/mol. The average molecular weight is 152 g/mol. The Morgan fingerprint density at radius 2 is 1.82 bits per heavy atom. The molecule has 11 heavy (non-hydrogen) atoms. The highest BCUT2D eigenvalue weighted by atomic mass is 14.6. The van der Waals surface area contributed by atoms with Gasteiger partial charge in [-0.05, 0) is 41.9 Å². The van der Waals surface area contributed by atoms with Crippen molar-refractivity contribution >= 4 is 0 Å². The van der Waals surface area contributed by atoms with Crippen LogP contribution in [0.2, 0.25) is 0 Å². The van der Waals surface area contributed by atoms with Crippen molar-refractivity contribution in [3.63, 3.8) is 0 Å². The van der Waals surface area contributed by atoms with E-state index < -0.39 is 0 Å². The van der Waals surface area contributed by atoms with Gasteiger partial charge in [-0.3, -0.25) is 0 Å². The van der Waals surface area contributed by atoms with Crippen LogP contribution in [0.4, 0.5) is 0 Å². The highest BCUT2D eigenvalue weighted by molar-refractivity contribution is 5.08. The van der Waals surface area contributed by atoms with E-state index in [1.807, 2.05) is 0 Å². The van der Waals surface area contributed by atoms with Crippen molar-refractivity contribution in [2.45, 2.75) is 47.0 Å². The molecule has 0 aliphatic heterocycles. The van der Waals surface area contributed by atoms with Gasteiger partial charge in [0.1, 0.15) is 0 Å². The molecule has 2 saturated carbocycles. The Kier molecular flexibility index (Phi) is 1.28. The van der Waals surface area contributed by atoms with E-state index in [0.717, 1.165) is 11.8 Å². The van der Waals surface area contributed by atoms with Crippen LogP contribution in [0, 0.1) is 22.7 Å². The third-order valence-corrected chi connectivity index (χ3v) is 5.23. The molecule has 2 aliphatic rings. The van der Waals surface area contributed by atoms with Crippen LogP contribution >= 0.6 is 0 Å². The van der Waals surface area contributed by atoms with Crippen molar-refractivity contribution in [2.75, 3.05) is 0 Å². The van der Waals surface area contributed by atoms with Gasteiger partial charge in [-0.1, -0.05) is 27.7 Å². The summed E-state index contributed by atoms with van der Waals surface area (Å²) in [7, 11) is 0. The van der Waals surface area contributed by atoms with Crippen LogP contribution in [0.1, 0.15) is 47.0 Å². The quantitative estimate of drug-likeness (QED) is 0.498. The fourth-order valence-corrected chi connectivity index (χ4v) is 3.60. The third kappa shape index (κ3) is 0.666. The van der Waals surface area contributed by atoms with Gasteiger partial charge in [-0.15, -0.1) is 0 Å². The smallest absolute Gasteiger partial charge is 0.0246 e. The zero-order chi connectivity index (χ0) is 8.28. The molecule has 0 saturated heterocycles. The van der Waals surface area contributed by atoms with Gasteiger partial charge in [0.05, 0.1) is 0 Å². The summed E-state index contributed by atoms with van der Waals surface area (Å²) < 4.78 is 0. The Hall–Kier alpha value is 0. The van der Waals surface area contributed by atoms with E-state index in [2.05, 4.69) is 27.7 Å². The molecular formula is C11H20. The van der Waals surface area contributed by atoms with Crippen LogP contribution in [0.5, 0.6) is 0 Å². The molecule has 0 heteroatoms. The maximum atomic E-state index is 2.50. The van der Waals surface area contributed by atoms with Gasteiger partial charge >= 0.3 is 0 Å². The minimum atomic E-state index is 0.631. The fourth-order valence-electron chi connectivity index (χ4n) is 3.60. The summed E-state index contributed by atoms with van der Waals surface area (Å²) >= 11 is 0. The van der Waals surface area contributed by atoms with Crippen molar-refractivity contribution in [1.82, 2.24) is 0 Å². The molecule has 0 amide bonds. The molecule has 0 aromatic rings. The summed E-state index contributed by atoms with van der Waals surface area (Å²) in [5, 5.41) is 0. The molecule has 2 bridgehead atoms. The number of hydrogen-bond donors (Lipinski definition) is 0. The molecule has 2 rings (SSSR count). The number of hydrogen-bond acceptors (Lipinski definition) is 0. The molecule has 64 valence electrons. The van der Waals surface area contributed by atoms with Gasteiger partial charge < -0.3 is 0 Å². The van der Waals surface area contributed by atoms with Gasteiger partial charge in [0, 0.05) is 0 Å². The lowest BCUT2D eigenvalue weighted by molar-refractivity contribution is 0.112. The lowest BCUT2D eigenvalue weighted by Crippen LogP contribution is -2.30. The first kappa shape index (κ1) is 7.64. The van der Waals surface area contributed by atoms with Crippen molar-refractivity contribution in [1.29, 1.82) is 0 Å². The topological polar surface area (TPSA) is 0 Å². The summed E-state index contributed by atoms with van der Waals surface area (Å²) in [5.41, 5.74) is 1.30. The van der Waals surface area contributed by atoms with Gasteiger partial charge in [0.15, 0.2) is 0 Å². The largest absolute Gasteiger partial charge is 0.0620 e. The normalized spacial score (nSPS) is 53.5. The minimum absolute atomic E-state index is 0.631. The Morgan fingerprint density at radius 1 is 1.18 bits per heavy atom. The van der Waals surface area contributed by atoms with E-state index in [-0.39, 0.29) is 0 Å². The molecule has 0 aromatic heterocycles. The van der Waals surface area contributed by atoms with E-state index in [9.17, 15) is 0 Å². The maximum absolute atomic E-state index is 2.50. The second kappa shape index (κ2) is 1.84. The molecule has 0 aromatic carbocycles. The lowest BCUT2D eigenvalue weighted by Gasteiger charge is -2.37. The van der Waals surface area contributed by atoms with Crippen LogP contribution in [-0.2, 0) is 0 Å². The average Bonchev–Trinajstić information content (AvgIpc) is 2.20. The predicted octanol–water partition coefficient (Wildman–Crippen LogP) is 3.47. The molecule has 0 spiro atoms. The Bertz CT molecular complexity index is 180. The minimum Gasteiger partial charge on any atom is -0.0620 e. The second-order valence-electron chi connectivity index (χ2n) is 5.51. The maximum Gasteiger partial charge on any atom is -0.0246 e. The summed E-state index contributed by atoms with van der Waals surface area (Å²) in [4.78, 5) is 0. The molecule has 0 heterocycles. The predicted molar refractivity (Wildman–Crippen MR) is 48.4 cm³/mol. The first-order chi connectivity index (χ1) is 4.98. The molecule has 0 N–H and O–H groups in total. The highest BCUT2D eigenvalue weighted by Crippen LogP contribution is 2.67. The van der Waals surface area contributed by atoms with Gasteiger partial charge in [0.25, 0.3) is 0 Å². The monoisotopic (exact) mass is 152 g/mol. The Morgan fingerprint density at radius 3 is 2.00 bits per heavy atom. The summed E-state index contributed by atoms with van der Waals surface area (Å²) in [6.45, 7) is 9.91. The van der Waals surface area contributed by atoms with Crippen LogP contribution in [0.25, 0.3) is 0 Å². The van der Waals surface area contributed by atoms with Crippen LogP contribution in [-0.4, -0.2) is 0 Å². The van der Waals surface area contributed by atoms with E-state index in [1.165, 1.54) is 19.3 Å². The molecule has 2 aliphatic carbocycles. The van der Waals surface area contributed by atoms with Crippen LogP contribution in [0.3, 0.4) is 0 Å². The van der Waals surface area contributed by atoms with Crippen LogP contribution < -0.4 is 0 Å². The third-order valence-electron chi connectivity index (χ3n) is 5.23. The standard InChI is InChI=1S/C11H20/c1-8-7-9-5-6-11(8,4)10(9,2)3/h8-9H,5-7H2,1-4H3/t8-,9?,11-/m0/s1. The van der Waals surface area contributed by atoms with Crippen molar-refractivity contribution in [3.05, 3.63) is 0 Å². The van der Waals surface area contributed by atoms with Gasteiger partial charge in [0.2, 0.25) is 0 Å². The summed E-state index contributed by atoms with van der Waals surface area (Å²) in [6, 6.07) is 0. The summed E-state index contributed by atoms with van der Waals surface area (Å²) in [5.74, 6) is 2.00. The molecule has 2 fully saturated rings. The van der Waals surface area contributed by atoms with Crippen LogP contribution in [0.15, 0.2) is 0 Å². The van der Waals surface area contributed by atoms with E-state index in [1.54, 1.807) is 0 Å². The molecule has 0 radical (unpaired) electrons. The molecule has 0 nitrogen and oxygen atoms in total. The molecule has 3 atom stereocenters. The van der Waals surface area contributed by atoms with Crippen molar-refractivity contribution in [3.8, 4) is 0 Å². The zero-order valence-electron chi connectivity index (χ0n) is 8.28. The molecule has 1 unspecified atom stereocenters. The van der Waals surface area contributed by atoms with Crippen molar-refractivity contribution < 1.29 is 0 Å². The summed E-state index contributed by atoms with van der Waals surface area (Å²) in [6.07, 6.45) is 4.46. The van der Waals surface area contributed by atoms with E-state index in [0.29, 0.717) is 10.8 Å². The Balaban J connectivity index is 2.40. The van der Waals surface area contributed by atoms with E-state index >= 15 is 0 Å². The highest BCUT2D eigenvalue weighted by Gasteiger charge is 2.59. The zero-order valence-corrected chi connectivity index (χ0v) is 8.28.